The molecule has 5 nitrogen and oxygen atoms in total. The summed E-state index contributed by atoms with van der Waals surface area (Å²) in [6.07, 6.45) is 13.6. The molecule has 5 heteroatoms. The van der Waals surface area contributed by atoms with Gasteiger partial charge in [0.05, 0.1) is 24.7 Å². The fraction of sp³-hybridized carbons (Fsp3) is 1.00. The van der Waals surface area contributed by atoms with Gasteiger partial charge in [-0.3, -0.25) is 16.0 Å². The van der Waals surface area contributed by atoms with Gasteiger partial charge in [0, 0.05) is 0 Å². The van der Waals surface area contributed by atoms with E-state index in [2.05, 4.69) is 26.6 Å². The second kappa shape index (κ2) is 7.71. The molecule has 0 aliphatic carbocycles. The Bertz CT molecular complexity index is 247. The zero-order valence-corrected chi connectivity index (χ0v) is 12.6. The van der Waals surface area contributed by atoms with Crippen molar-refractivity contribution >= 4 is 0 Å². The van der Waals surface area contributed by atoms with Gasteiger partial charge in [0.1, 0.15) is 0 Å². The first-order valence-electron chi connectivity index (χ1n) is 8.65. The van der Waals surface area contributed by atoms with Crippen LogP contribution in [0.3, 0.4) is 0 Å². The van der Waals surface area contributed by atoms with Gasteiger partial charge in [-0.25, -0.2) is 0 Å². The van der Waals surface area contributed by atoms with E-state index in [1.54, 1.807) is 0 Å². The topological polar surface area (TPSA) is 60.1 Å². The molecule has 0 aromatic heterocycles. The normalized spacial score (nSPS) is 39.6. The maximum atomic E-state index is 3.75. The molecule has 3 saturated heterocycles. The summed E-state index contributed by atoms with van der Waals surface area (Å²) in [7, 11) is 0. The third kappa shape index (κ3) is 4.40. The van der Waals surface area contributed by atoms with E-state index in [-0.39, 0.29) is 0 Å². The average Bonchev–Trinajstić information content (AvgIpc) is 2.50. The van der Waals surface area contributed by atoms with Crippen molar-refractivity contribution in [2.45, 2.75) is 82.5 Å². The Morgan fingerprint density at radius 3 is 1.50 bits per heavy atom. The molecule has 0 spiro atoms. The molecule has 4 atom stereocenters. The molecule has 3 aliphatic heterocycles. The SMILES string of the molecule is C1CCC(NC2CCCC(NC3CCCCN3)N2)NC1. The van der Waals surface area contributed by atoms with Crippen molar-refractivity contribution in [2.75, 3.05) is 13.1 Å². The number of hydrogen-bond acceptors (Lipinski definition) is 5. The van der Waals surface area contributed by atoms with Crippen LogP contribution in [0, 0.1) is 0 Å². The summed E-state index contributed by atoms with van der Waals surface area (Å²) in [5.41, 5.74) is 0. The van der Waals surface area contributed by atoms with E-state index in [9.17, 15) is 0 Å². The third-order valence-electron chi connectivity index (χ3n) is 4.81. The van der Waals surface area contributed by atoms with Crippen LogP contribution in [0.1, 0.15) is 57.8 Å². The van der Waals surface area contributed by atoms with Gasteiger partial charge in [-0.15, -0.1) is 0 Å². The van der Waals surface area contributed by atoms with Crippen LogP contribution in [0.2, 0.25) is 0 Å². The highest BCUT2D eigenvalue weighted by Gasteiger charge is 2.25. The highest BCUT2D eigenvalue weighted by atomic mass is 15.3. The van der Waals surface area contributed by atoms with Crippen LogP contribution in [-0.2, 0) is 0 Å². The maximum absolute atomic E-state index is 3.75. The fourth-order valence-electron chi connectivity index (χ4n) is 3.67. The van der Waals surface area contributed by atoms with Crippen molar-refractivity contribution in [1.82, 2.24) is 26.6 Å². The monoisotopic (exact) mass is 281 g/mol. The first-order chi connectivity index (χ1) is 9.90. The third-order valence-corrected chi connectivity index (χ3v) is 4.81. The molecule has 0 aromatic carbocycles. The van der Waals surface area contributed by atoms with Gasteiger partial charge in [0.2, 0.25) is 0 Å². The summed E-state index contributed by atoms with van der Waals surface area (Å²) < 4.78 is 0. The summed E-state index contributed by atoms with van der Waals surface area (Å²) >= 11 is 0. The minimum atomic E-state index is 0.459. The number of nitrogens with one attached hydrogen (secondary N) is 5. The van der Waals surface area contributed by atoms with Gasteiger partial charge >= 0.3 is 0 Å². The van der Waals surface area contributed by atoms with Gasteiger partial charge < -0.3 is 10.6 Å². The molecule has 5 N–H and O–H groups in total. The largest absolute Gasteiger partial charge is 0.302 e. The minimum Gasteiger partial charge on any atom is -0.302 e. The van der Waals surface area contributed by atoms with Gasteiger partial charge in [-0.2, -0.15) is 0 Å². The molecular weight excluding hydrogens is 250 g/mol. The summed E-state index contributed by atoms with van der Waals surface area (Å²) in [6, 6.07) is 0. The van der Waals surface area contributed by atoms with Crippen LogP contribution in [0.5, 0.6) is 0 Å². The minimum absolute atomic E-state index is 0.459. The highest BCUT2D eigenvalue weighted by Crippen LogP contribution is 2.14. The Labute approximate surface area is 123 Å². The fourth-order valence-corrected chi connectivity index (χ4v) is 3.67. The van der Waals surface area contributed by atoms with Gasteiger partial charge in [0.15, 0.2) is 0 Å². The van der Waals surface area contributed by atoms with Crippen molar-refractivity contribution in [3.05, 3.63) is 0 Å². The van der Waals surface area contributed by atoms with Crippen LogP contribution in [0.4, 0.5) is 0 Å². The van der Waals surface area contributed by atoms with E-state index < -0.39 is 0 Å². The smallest absolute Gasteiger partial charge is 0.0595 e. The van der Waals surface area contributed by atoms with E-state index in [0.29, 0.717) is 24.7 Å². The molecule has 116 valence electrons. The van der Waals surface area contributed by atoms with Gasteiger partial charge in [-0.05, 0) is 70.9 Å². The predicted molar refractivity (Wildman–Crippen MR) is 82.1 cm³/mol. The number of piperidine rings is 3. The second-order valence-corrected chi connectivity index (χ2v) is 6.54. The van der Waals surface area contributed by atoms with Gasteiger partial charge in [-0.1, -0.05) is 0 Å². The van der Waals surface area contributed by atoms with Crippen LogP contribution in [-0.4, -0.2) is 37.8 Å². The molecule has 0 radical (unpaired) electrons. The Balaban J connectivity index is 1.41. The van der Waals surface area contributed by atoms with Crippen molar-refractivity contribution in [3.8, 4) is 0 Å². The highest BCUT2D eigenvalue weighted by molar-refractivity contribution is 4.83. The van der Waals surface area contributed by atoms with Crippen molar-refractivity contribution in [3.63, 3.8) is 0 Å². The van der Waals surface area contributed by atoms with Gasteiger partial charge in [0.25, 0.3) is 0 Å². The standard InChI is InChI=1S/C15H31N5/c1-3-10-16-12(6-1)18-14-8-5-9-15(20-14)19-13-7-2-4-11-17-13/h12-20H,1-11H2. The van der Waals surface area contributed by atoms with E-state index >= 15 is 0 Å². The van der Waals surface area contributed by atoms with E-state index in [4.69, 9.17) is 0 Å². The first kappa shape index (κ1) is 14.7. The molecule has 4 unspecified atom stereocenters. The lowest BCUT2D eigenvalue weighted by Crippen LogP contribution is -2.63. The van der Waals surface area contributed by atoms with E-state index in [1.807, 2.05) is 0 Å². The summed E-state index contributed by atoms with van der Waals surface area (Å²) in [5.74, 6) is 0. The Hall–Kier alpha value is -0.200. The van der Waals surface area contributed by atoms with Crippen molar-refractivity contribution < 1.29 is 0 Å². The molecule has 0 saturated carbocycles. The zero-order valence-electron chi connectivity index (χ0n) is 12.6. The molecule has 3 rings (SSSR count). The molecular formula is C15H31N5. The quantitative estimate of drug-likeness (QED) is 0.527. The molecule has 20 heavy (non-hydrogen) atoms. The Morgan fingerprint density at radius 2 is 1.05 bits per heavy atom. The van der Waals surface area contributed by atoms with Crippen LogP contribution in [0.15, 0.2) is 0 Å². The summed E-state index contributed by atoms with van der Waals surface area (Å²) in [5, 5.41) is 18.4. The molecule has 0 amide bonds. The lowest BCUT2D eigenvalue weighted by atomic mass is 10.0. The molecule has 3 heterocycles. The summed E-state index contributed by atoms with van der Waals surface area (Å²) in [6.45, 7) is 2.33. The maximum Gasteiger partial charge on any atom is 0.0595 e. The molecule has 0 bridgehead atoms. The zero-order chi connectivity index (χ0) is 13.6. The number of hydrogen-bond donors (Lipinski definition) is 5. The van der Waals surface area contributed by atoms with Crippen LogP contribution >= 0.6 is 0 Å². The Kier molecular flexibility index (Phi) is 5.67. The molecule has 0 aromatic rings. The average molecular weight is 281 g/mol. The van der Waals surface area contributed by atoms with Crippen LogP contribution in [0.25, 0.3) is 0 Å². The second-order valence-electron chi connectivity index (χ2n) is 6.54. The first-order valence-corrected chi connectivity index (χ1v) is 8.65. The number of rotatable bonds is 4. The summed E-state index contributed by atoms with van der Waals surface area (Å²) in [4.78, 5) is 0. The lowest BCUT2D eigenvalue weighted by Gasteiger charge is -2.38. The predicted octanol–water partition coefficient (Wildman–Crippen LogP) is 0.791. The van der Waals surface area contributed by atoms with E-state index in [0.717, 1.165) is 13.1 Å². The molecule has 3 aliphatic rings. The van der Waals surface area contributed by atoms with Crippen LogP contribution < -0.4 is 26.6 Å². The lowest BCUT2D eigenvalue weighted by molar-refractivity contribution is 0.186. The van der Waals surface area contributed by atoms with Crippen molar-refractivity contribution in [1.29, 1.82) is 0 Å². The molecule has 3 fully saturated rings. The Morgan fingerprint density at radius 1 is 0.550 bits per heavy atom. The van der Waals surface area contributed by atoms with E-state index in [1.165, 1.54) is 57.8 Å². The van der Waals surface area contributed by atoms with Crippen molar-refractivity contribution in [2.24, 2.45) is 0 Å².